The van der Waals surface area contributed by atoms with Crippen molar-refractivity contribution in [2.45, 2.75) is 44.9 Å². The molecular weight excluding hydrogens is 417 g/mol. The van der Waals surface area contributed by atoms with Crippen LogP contribution in [0.15, 0.2) is 35.2 Å². The first-order valence-electron chi connectivity index (χ1n) is 10.5. The fourth-order valence-electron chi connectivity index (χ4n) is 3.57. The first kappa shape index (κ1) is 21.8. The van der Waals surface area contributed by atoms with Crippen LogP contribution < -0.4 is 25.4 Å². The van der Waals surface area contributed by atoms with Crippen LogP contribution >= 0.6 is 0 Å². The lowest BCUT2D eigenvalue weighted by Crippen LogP contribution is -2.40. The Balaban J connectivity index is 1.56. The van der Waals surface area contributed by atoms with Crippen molar-refractivity contribution < 1.29 is 18.3 Å². The number of methoxy groups -OCH3 is 1. The maximum Gasteiger partial charge on any atom is 0.323 e. The molecule has 1 saturated heterocycles. The van der Waals surface area contributed by atoms with Crippen molar-refractivity contribution >= 4 is 17.6 Å². The zero-order chi connectivity index (χ0) is 22.3. The summed E-state index contributed by atoms with van der Waals surface area (Å²) in [6.45, 7) is 3.22. The van der Waals surface area contributed by atoms with Gasteiger partial charge in [0.05, 0.1) is 13.3 Å². The molecule has 170 valence electrons. The number of hydrogen-bond donors (Lipinski definition) is 3. The number of nitrogens with zero attached hydrogens (tertiary/aromatic N) is 4. The molecule has 11 heteroatoms. The lowest BCUT2D eigenvalue weighted by Gasteiger charge is -2.24. The van der Waals surface area contributed by atoms with Gasteiger partial charge in [-0.25, -0.2) is 9.37 Å². The van der Waals surface area contributed by atoms with Gasteiger partial charge in [-0.05, 0) is 37.9 Å². The molecule has 1 aliphatic rings. The van der Waals surface area contributed by atoms with Crippen molar-refractivity contribution in [2.75, 3.05) is 24.3 Å². The minimum Gasteiger partial charge on any atom is -0.494 e. The van der Waals surface area contributed by atoms with Gasteiger partial charge < -0.3 is 29.8 Å². The van der Waals surface area contributed by atoms with Crippen molar-refractivity contribution in [2.24, 2.45) is 0 Å². The molecule has 3 aromatic rings. The monoisotopic (exact) mass is 443 g/mol. The molecule has 3 heterocycles. The van der Waals surface area contributed by atoms with Crippen LogP contribution in [0.2, 0.25) is 0 Å². The van der Waals surface area contributed by atoms with Gasteiger partial charge in [-0.15, -0.1) is 0 Å². The molecule has 1 aromatic carbocycles. The quantitative estimate of drug-likeness (QED) is 0.431. The fourth-order valence-corrected chi connectivity index (χ4v) is 3.57. The normalized spacial score (nSPS) is 16.5. The Morgan fingerprint density at radius 2 is 2.16 bits per heavy atom. The predicted octanol–water partition coefficient (Wildman–Crippen LogP) is 3.27. The minimum atomic E-state index is -0.495. The molecule has 0 spiro atoms. The third kappa shape index (κ3) is 5.41. The summed E-state index contributed by atoms with van der Waals surface area (Å²) in [5.74, 6) is 0.774. The topological polar surface area (TPSA) is 119 Å². The zero-order valence-electron chi connectivity index (χ0n) is 18.0. The van der Waals surface area contributed by atoms with Gasteiger partial charge in [0.2, 0.25) is 11.9 Å². The molecule has 1 aliphatic heterocycles. The van der Waals surface area contributed by atoms with E-state index in [1.165, 1.54) is 25.6 Å². The maximum atomic E-state index is 14.1. The number of aromatic nitrogens is 4. The predicted molar refractivity (Wildman–Crippen MR) is 116 cm³/mol. The SMILES string of the molecule is CCC(Nc1nc(Nc2ccc(OC)c(F)c2)nc(OCc2cnco2)n1)C1CCCN1. The largest absolute Gasteiger partial charge is 0.494 e. The molecule has 3 N–H and O–H groups in total. The van der Waals surface area contributed by atoms with E-state index in [1.807, 2.05) is 0 Å². The molecule has 2 unspecified atom stereocenters. The second-order valence-corrected chi connectivity index (χ2v) is 7.36. The molecule has 2 aromatic heterocycles. The van der Waals surface area contributed by atoms with Crippen LogP contribution in [-0.4, -0.2) is 45.7 Å². The molecule has 0 saturated carbocycles. The van der Waals surface area contributed by atoms with Crippen molar-refractivity contribution in [3.8, 4) is 11.8 Å². The van der Waals surface area contributed by atoms with Gasteiger partial charge in [0.15, 0.2) is 30.3 Å². The van der Waals surface area contributed by atoms with Gasteiger partial charge in [0.1, 0.15) is 0 Å². The van der Waals surface area contributed by atoms with Crippen LogP contribution in [0.1, 0.15) is 31.9 Å². The second kappa shape index (κ2) is 10.2. The zero-order valence-corrected chi connectivity index (χ0v) is 18.0. The van der Waals surface area contributed by atoms with E-state index in [0.29, 0.717) is 23.4 Å². The lowest BCUT2D eigenvalue weighted by molar-refractivity contribution is 0.250. The van der Waals surface area contributed by atoms with E-state index in [1.54, 1.807) is 12.3 Å². The van der Waals surface area contributed by atoms with Crippen molar-refractivity contribution in [1.29, 1.82) is 0 Å². The number of nitrogens with one attached hydrogen (secondary N) is 3. The Morgan fingerprint density at radius 1 is 1.28 bits per heavy atom. The van der Waals surface area contributed by atoms with E-state index in [2.05, 4.69) is 42.8 Å². The molecule has 32 heavy (non-hydrogen) atoms. The molecule has 1 fully saturated rings. The van der Waals surface area contributed by atoms with E-state index >= 15 is 0 Å². The number of hydrogen-bond acceptors (Lipinski definition) is 10. The molecule has 10 nitrogen and oxygen atoms in total. The Bertz CT molecular complexity index is 1010. The number of benzene rings is 1. The van der Waals surface area contributed by atoms with Gasteiger partial charge in [-0.1, -0.05) is 6.92 Å². The van der Waals surface area contributed by atoms with E-state index in [-0.39, 0.29) is 30.4 Å². The van der Waals surface area contributed by atoms with Crippen molar-refractivity contribution in [1.82, 2.24) is 25.3 Å². The molecule has 2 atom stereocenters. The minimum absolute atomic E-state index is 0.101. The summed E-state index contributed by atoms with van der Waals surface area (Å²) in [5.41, 5.74) is 0.464. The van der Waals surface area contributed by atoms with E-state index < -0.39 is 5.82 Å². The van der Waals surface area contributed by atoms with Crippen LogP contribution in [0.4, 0.5) is 22.0 Å². The lowest BCUT2D eigenvalue weighted by atomic mass is 10.0. The van der Waals surface area contributed by atoms with Gasteiger partial charge in [0, 0.05) is 23.8 Å². The van der Waals surface area contributed by atoms with Gasteiger partial charge in [-0.2, -0.15) is 15.0 Å². The molecule has 0 aliphatic carbocycles. The van der Waals surface area contributed by atoms with Crippen LogP contribution in [0.5, 0.6) is 11.8 Å². The fraction of sp³-hybridized carbons (Fsp3) is 0.429. The van der Waals surface area contributed by atoms with Gasteiger partial charge >= 0.3 is 6.01 Å². The van der Waals surface area contributed by atoms with Crippen LogP contribution in [0.25, 0.3) is 0 Å². The third-order valence-electron chi connectivity index (χ3n) is 5.19. The second-order valence-electron chi connectivity index (χ2n) is 7.36. The number of oxazole rings is 1. The van der Waals surface area contributed by atoms with Gasteiger partial charge in [-0.3, -0.25) is 0 Å². The summed E-state index contributed by atoms with van der Waals surface area (Å²) in [7, 11) is 1.41. The summed E-state index contributed by atoms with van der Waals surface area (Å²) in [6.07, 6.45) is 6.00. The van der Waals surface area contributed by atoms with E-state index in [0.717, 1.165) is 25.8 Å². The average Bonchev–Trinajstić information content (AvgIpc) is 3.50. The number of anilines is 3. The highest BCUT2D eigenvalue weighted by Gasteiger charge is 2.24. The molecule has 4 rings (SSSR count). The molecule has 0 amide bonds. The summed E-state index contributed by atoms with van der Waals surface area (Å²) in [6, 6.07) is 5.09. The highest BCUT2D eigenvalue weighted by molar-refractivity contribution is 5.56. The average molecular weight is 443 g/mol. The molecule has 0 bridgehead atoms. The van der Waals surface area contributed by atoms with Crippen LogP contribution in [0.3, 0.4) is 0 Å². The summed E-state index contributed by atoms with van der Waals surface area (Å²) in [4.78, 5) is 17.0. The van der Waals surface area contributed by atoms with Crippen LogP contribution in [-0.2, 0) is 6.61 Å². The number of ether oxygens (including phenoxy) is 2. The molecule has 0 radical (unpaired) electrons. The van der Waals surface area contributed by atoms with Crippen LogP contribution in [0, 0.1) is 5.82 Å². The summed E-state index contributed by atoms with van der Waals surface area (Å²) in [5, 5.41) is 9.89. The van der Waals surface area contributed by atoms with E-state index in [9.17, 15) is 4.39 Å². The smallest absolute Gasteiger partial charge is 0.323 e. The van der Waals surface area contributed by atoms with Gasteiger partial charge in [0.25, 0.3) is 0 Å². The summed E-state index contributed by atoms with van der Waals surface area (Å²) < 4.78 is 29.9. The Labute approximate surface area is 185 Å². The van der Waals surface area contributed by atoms with Crippen molar-refractivity contribution in [3.05, 3.63) is 42.4 Å². The maximum absolute atomic E-state index is 14.1. The van der Waals surface area contributed by atoms with Crippen molar-refractivity contribution in [3.63, 3.8) is 0 Å². The summed E-state index contributed by atoms with van der Waals surface area (Å²) >= 11 is 0. The number of rotatable bonds is 10. The third-order valence-corrected chi connectivity index (χ3v) is 5.19. The Hall–Kier alpha value is -3.47. The highest BCUT2D eigenvalue weighted by atomic mass is 19.1. The number of halogens is 1. The Morgan fingerprint density at radius 3 is 2.84 bits per heavy atom. The van der Waals surface area contributed by atoms with E-state index in [4.69, 9.17) is 13.9 Å². The molecular formula is C21H26FN7O3. The highest BCUT2D eigenvalue weighted by Crippen LogP contribution is 2.24. The standard InChI is InChI=1S/C21H26FN7O3/c1-3-16(17-5-4-8-24-17)26-20-27-19(25-13-6-7-18(30-2)15(22)9-13)28-21(29-20)31-11-14-10-23-12-32-14/h6-7,9-10,12,16-17,24H,3-5,8,11H2,1-2H3,(H2,25,26,27,28,29). The first-order valence-corrected chi connectivity index (χ1v) is 10.5. The first-order chi connectivity index (χ1) is 15.6. The Kier molecular flexibility index (Phi) is 6.95.